The minimum atomic E-state index is 0.944. The third-order valence-electron chi connectivity index (χ3n) is 4.65. The van der Waals surface area contributed by atoms with Crippen LogP contribution in [0.1, 0.15) is 52.4 Å². The first-order valence-electron chi connectivity index (χ1n) is 6.12. The lowest BCUT2D eigenvalue weighted by Gasteiger charge is -2.43. The van der Waals surface area contributed by atoms with E-state index >= 15 is 0 Å². The summed E-state index contributed by atoms with van der Waals surface area (Å²) >= 11 is 0. The van der Waals surface area contributed by atoms with Crippen LogP contribution in [0, 0.1) is 0 Å². The predicted molar refractivity (Wildman–Crippen MR) is 56.6 cm³/mol. The molecule has 0 aromatic carbocycles. The Bertz CT molecular complexity index is 178. The molecule has 0 radical (unpaired) electrons. The molecular formula is C12H24N+. The molecule has 1 nitrogen and oxygen atoms in total. The minimum Gasteiger partial charge on any atom is -0.319 e. The van der Waals surface area contributed by atoms with Crippen molar-refractivity contribution in [2.24, 2.45) is 0 Å². The molecule has 0 aliphatic carbocycles. The number of quaternary nitrogens is 1. The van der Waals surface area contributed by atoms with Gasteiger partial charge in [0.2, 0.25) is 0 Å². The molecule has 0 aromatic heterocycles. The van der Waals surface area contributed by atoms with Crippen LogP contribution in [0.25, 0.3) is 0 Å². The number of hydrogen-bond donors (Lipinski definition) is 0. The average Bonchev–Trinajstić information content (AvgIpc) is 2.36. The number of nitrogens with zero attached hydrogens (tertiary/aromatic N) is 1. The van der Waals surface area contributed by atoms with Crippen molar-refractivity contribution in [3.05, 3.63) is 0 Å². The van der Waals surface area contributed by atoms with E-state index in [2.05, 4.69) is 13.8 Å². The van der Waals surface area contributed by atoms with Gasteiger partial charge in [-0.3, -0.25) is 0 Å². The fourth-order valence-electron chi connectivity index (χ4n) is 3.65. The molecule has 0 aromatic rings. The van der Waals surface area contributed by atoms with E-state index in [0.717, 1.165) is 12.1 Å². The van der Waals surface area contributed by atoms with Crippen molar-refractivity contribution in [1.29, 1.82) is 0 Å². The molecule has 2 saturated heterocycles. The second-order valence-electron chi connectivity index (χ2n) is 5.24. The summed E-state index contributed by atoms with van der Waals surface area (Å²) in [5.41, 5.74) is 0. The topological polar surface area (TPSA) is 0 Å². The van der Waals surface area contributed by atoms with Crippen LogP contribution < -0.4 is 0 Å². The smallest absolute Gasteiger partial charge is 0.0866 e. The zero-order valence-electron chi connectivity index (χ0n) is 9.26. The third-order valence-corrected chi connectivity index (χ3v) is 4.65. The number of hydrogen-bond acceptors (Lipinski definition) is 0. The Hall–Kier alpha value is -0.0400. The van der Waals surface area contributed by atoms with Crippen molar-refractivity contribution in [2.45, 2.75) is 64.5 Å². The van der Waals surface area contributed by atoms with Crippen molar-refractivity contribution >= 4 is 0 Å². The average molecular weight is 182 g/mol. The van der Waals surface area contributed by atoms with E-state index in [1.165, 1.54) is 56.1 Å². The zero-order chi connectivity index (χ0) is 9.31. The Morgan fingerprint density at radius 3 is 2.08 bits per heavy atom. The van der Waals surface area contributed by atoms with Crippen LogP contribution in [0.2, 0.25) is 0 Å². The second-order valence-corrected chi connectivity index (χ2v) is 5.24. The lowest BCUT2D eigenvalue weighted by atomic mass is 10.1. The van der Waals surface area contributed by atoms with Gasteiger partial charge in [0.1, 0.15) is 0 Å². The lowest BCUT2D eigenvalue weighted by molar-refractivity contribution is -0.958. The highest BCUT2D eigenvalue weighted by molar-refractivity contribution is 4.71. The molecule has 13 heavy (non-hydrogen) atoms. The monoisotopic (exact) mass is 182 g/mol. The van der Waals surface area contributed by atoms with Gasteiger partial charge in [0, 0.05) is 12.8 Å². The van der Waals surface area contributed by atoms with Gasteiger partial charge in [0.25, 0.3) is 0 Å². The summed E-state index contributed by atoms with van der Waals surface area (Å²) in [5.74, 6) is 0. The van der Waals surface area contributed by atoms with Gasteiger partial charge in [-0.2, -0.15) is 0 Å². The van der Waals surface area contributed by atoms with Gasteiger partial charge >= 0.3 is 0 Å². The fraction of sp³-hybridized carbons (Fsp3) is 1.00. The third kappa shape index (κ3) is 1.52. The Kier molecular flexibility index (Phi) is 2.64. The van der Waals surface area contributed by atoms with Gasteiger partial charge < -0.3 is 4.48 Å². The summed E-state index contributed by atoms with van der Waals surface area (Å²) in [7, 11) is 0. The fourth-order valence-corrected chi connectivity index (χ4v) is 3.65. The van der Waals surface area contributed by atoms with Crippen LogP contribution in [-0.2, 0) is 0 Å². The predicted octanol–water partition coefficient (Wildman–Crippen LogP) is 2.95. The van der Waals surface area contributed by atoms with Gasteiger partial charge in [0.05, 0.1) is 25.2 Å². The molecule has 2 rings (SSSR count). The normalized spacial score (nSPS) is 46.6. The van der Waals surface area contributed by atoms with E-state index in [9.17, 15) is 0 Å². The zero-order valence-corrected chi connectivity index (χ0v) is 9.26. The van der Waals surface area contributed by atoms with Crippen molar-refractivity contribution in [3.63, 3.8) is 0 Å². The molecule has 2 aliphatic rings. The molecule has 3 unspecified atom stereocenters. The Morgan fingerprint density at radius 2 is 1.38 bits per heavy atom. The van der Waals surface area contributed by atoms with Crippen molar-refractivity contribution in [3.8, 4) is 0 Å². The van der Waals surface area contributed by atoms with Gasteiger partial charge in [0.15, 0.2) is 0 Å². The van der Waals surface area contributed by atoms with E-state index in [-0.39, 0.29) is 0 Å². The molecular weight excluding hydrogens is 158 g/mol. The molecule has 2 aliphatic heterocycles. The summed E-state index contributed by atoms with van der Waals surface area (Å²) in [4.78, 5) is 0. The first-order chi connectivity index (χ1) is 6.26. The summed E-state index contributed by atoms with van der Waals surface area (Å²) in [6.07, 6.45) is 8.87. The van der Waals surface area contributed by atoms with Crippen LogP contribution in [0.5, 0.6) is 0 Å². The largest absolute Gasteiger partial charge is 0.319 e. The Balaban J connectivity index is 2.16. The van der Waals surface area contributed by atoms with E-state index in [0.29, 0.717) is 0 Å². The maximum absolute atomic E-state index is 2.49. The molecule has 1 heteroatoms. The molecule has 2 heterocycles. The minimum absolute atomic E-state index is 0.944. The molecule has 1 spiro atoms. The van der Waals surface area contributed by atoms with Crippen LogP contribution in [0.15, 0.2) is 0 Å². The SMILES string of the molecule is CC1CCCCC[N+]12CCCC2C. The number of rotatable bonds is 0. The van der Waals surface area contributed by atoms with E-state index in [1.807, 2.05) is 0 Å². The van der Waals surface area contributed by atoms with Gasteiger partial charge in [-0.1, -0.05) is 0 Å². The van der Waals surface area contributed by atoms with Crippen LogP contribution >= 0.6 is 0 Å². The van der Waals surface area contributed by atoms with E-state index in [4.69, 9.17) is 0 Å². The van der Waals surface area contributed by atoms with Gasteiger partial charge in [-0.05, 0) is 39.5 Å². The van der Waals surface area contributed by atoms with Crippen LogP contribution in [0.4, 0.5) is 0 Å². The van der Waals surface area contributed by atoms with Gasteiger partial charge in [-0.15, -0.1) is 0 Å². The highest BCUT2D eigenvalue weighted by atomic mass is 15.4. The first kappa shape index (κ1) is 9.51. The lowest BCUT2D eigenvalue weighted by Crippen LogP contribution is -2.56. The second kappa shape index (κ2) is 3.61. The Morgan fingerprint density at radius 1 is 0.769 bits per heavy atom. The maximum Gasteiger partial charge on any atom is 0.0866 e. The summed E-state index contributed by atoms with van der Waals surface area (Å²) in [6.45, 7) is 7.92. The molecule has 0 N–H and O–H groups in total. The van der Waals surface area contributed by atoms with E-state index < -0.39 is 0 Å². The molecule has 0 saturated carbocycles. The molecule has 0 amide bonds. The van der Waals surface area contributed by atoms with E-state index in [1.54, 1.807) is 0 Å². The Labute approximate surface area is 82.7 Å². The molecule has 76 valence electrons. The molecule has 3 atom stereocenters. The van der Waals surface area contributed by atoms with Crippen molar-refractivity contribution in [1.82, 2.24) is 0 Å². The highest BCUT2D eigenvalue weighted by Crippen LogP contribution is 2.34. The maximum atomic E-state index is 2.49. The van der Waals surface area contributed by atoms with Crippen molar-refractivity contribution < 1.29 is 4.48 Å². The quantitative estimate of drug-likeness (QED) is 0.505. The van der Waals surface area contributed by atoms with Crippen LogP contribution in [-0.4, -0.2) is 29.7 Å². The summed E-state index contributed by atoms with van der Waals surface area (Å²) < 4.78 is 1.47. The first-order valence-corrected chi connectivity index (χ1v) is 6.12. The van der Waals surface area contributed by atoms with Crippen LogP contribution in [0.3, 0.4) is 0 Å². The summed E-state index contributed by atoms with van der Waals surface area (Å²) in [5, 5.41) is 0. The standard InChI is InChI=1S/C12H24N/c1-11-7-4-3-5-9-13(11)10-6-8-12(13)2/h11-12H,3-10H2,1-2H3/q+1. The van der Waals surface area contributed by atoms with Gasteiger partial charge in [-0.25, -0.2) is 0 Å². The highest BCUT2D eigenvalue weighted by Gasteiger charge is 2.43. The molecule has 0 bridgehead atoms. The summed E-state index contributed by atoms with van der Waals surface area (Å²) in [6, 6.07) is 1.90. The van der Waals surface area contributed by atoms with Crippen molar-refractivity contribution in [2.75, 3.05) is 13.1 Å². The molecule has 2 fully saturated rings.